The van der Waals surface area contributed by atoms with Gasteiger partial charge in [-0.2, -0.15) is 13.2 Å². The van der Waals surface area contributed by atoms with Crippen LogP contribution in [0, 0.1) is 0 Å². The number of nitrogens with one attached hydrogen (secondary N) is 1. The Labute approximate surface area is 215 Å². The molecule has 0 aliphatic carbocycles. The van der Waals surface area contributed by atoms with E-state index >= 15 is 0 Å². The van der Waals surface area contributed by atoms with Crippen molar-refractivity contribution in [2.45, 2.75) is 12.8 Å². The van der Waals surface area contributed by atoms with Gasteiger partial charge in [0.25, 0.3) is 5.56 Å². The van der Waals surface area contributed by atoms with Crippen molar-refractivity contribution in [1.29, 1.82) is 0 Å². The van der Waals surface area contributed by atoms with Crippen molar-refractivity contribution in [1.82, 2.24) is 9.88 Å². The zero-order valence-corrected chi connectivity index (χ0v) is 20.0. The van der Waals surface area contributed by atoms with Gasteiger partial charge in [0.1, 0.15) is 13.2 Å². The van der Waals surface area contributed by atoms with Crippen molar-refractivity contribution >= 4 is 28.5 Å². The summed E-state index contributed by atoms with van der Waals surface area (Å²) in [5, 5.41) is 0.660. The van der Waals surface area contributed by atoms with Gasteiger partial charge in [-0.1, -0.05) is 54.6 Å². The second-order valence-electron chi connectivity index (χ2n) is 8.83. The average Bonchev–Trinajstić information content (AvgIpc) is 2.91. The zero-order valence-electron chi connectivity index (χ0n) is 20.0. The minimum absolute atomic E-state index is 0.0434. The lowest BCUT2D eigenvalue weighted by atomic mass is 10.0. The summed E-state index contributed by atoms with van der Waals surface area (Å²) in [4.78, 5) is 43.5. The topological polar surface area (TPSA) is 82.7 Å². The van der Waals surface area contributed by atoms with Gasteiger partial charge in [-0.25, -0.2) is 4.79 Å². The molecule has 0 spiro atoms. The number of rotatable bonds is 4. The van der Waals surface area contributed by atoms with Gasteiger partial charge in [-0.3, -0.25) is 14.5 Å². The van der Waals surface area contributed by atoms with Crippen LogP contribution in [-0.4, -0.2) is 41.5 Å². The SMILES string of the molecule is O=C(OCc1ccccc1)N1CCN(c2ccc3cc(-c4ccccc4C(F)(F)F)[nH]c(=O)c3c2)C(=O)C1. The molecule has 0 unspecified atom stereocenters. The number of H-pyrrole nitrogens is 1. The molecule has 7 nitrogen and oxygen atoms in total. The largest absolute Gasteiger partial charge is 0.445 e. The van der Waals surface area contributed by atoms with Gasteiger partial charge in [0.15, 0.2) is 0 Å². The molecule has 0 atom stereocenters. The molecule has 2 amide bonds. The lowest BCUT2D eigenvalue weighted by molar-refractivity contribution is -0.137. The molecule has 0 bridgehead atoms. The molecule has 3 aromatic carbocycles. The summed E-state index contributed by atoms with van der Waals surface area (Å²) in [6.45, 7) is 0.340. The number of aromatic amines is 1. The second-order valence-corrected chi connectivity index (χ2v) is 8.83. The molecule has 1 saturated heterocycles. The lowest BCUT2D eigenvalue weighted by Crippen LogP contribution is -2.52. The van der Waals surface area contributed by atoms with Crippen LogP contribution in [0.25, 0.3) is 22.0 Å². The number of halogens is 3. The number of hydrogen-bond acceptors (Lipinski definition) is 4. The summed E-state index contributed by atoms with van der Waals surface area (Å²) < 4.78 is 45.7. The Hall–Kier alpha value is -4.60. The fraction of sp³-hybridized carbons (Fsp3) is 0.179. The monoisotopic (exact) mass is 521 g/mol. The van der Waals surface area contributed by atoms with Crippen LogP contribution in [0.15, 0.2) is 83.7 Å². The zero-order chi connectivity index (χ0) is 26.9. The summed E-state index contributed by atoms with van der Waals surface area (Å²) in [5.41, 5.74) is -0.231. The van der Waals surface area contributed by atoms with E-state index in [0.717, 1.165) is 11.6 Å². The Morgan fingerprint density at radius 3 is 2.39 bits per heavy atom. The highest BCUT2D eigenvalue weighted by atomic mass is 19.4. The molecule has 1 aliphatic rings. The molecular formula is C28H22F3N3O4. The average molecular weight is 521 g/mol. The first kappa shape index (κ1) is 25.1. The number of nitrogens with zero attached hydrogens (tertiary/aromatic N) is 2. The highest BCUT2D eigenvalue weighted by molar-refractivity contribution is 5.99. The van der Waals surface area contributed by atoms with Crippen LogP contribution in [0.1, 0.15) is 11.1 Å². The number of benzene rings is 3. The number of hydrogen-bond donors (Lipinski definition) is 1. The second kappa shape index (κ2) is 10.0. The highest BCUT2D eigenvalue weighted by Crippen LogP contribution is 2.36. The van der Waals surface area contributed by atoms with Gasteiger partial charge in [0.2, 0.25) is 5.91 Å². The summed E-state index contributed by atoms with van der Waals surface area (Å²) in [7, 11) is 0. The van der Waals surface area contributed by atoms with Gasteiger partial charge in [-0.05, 0) is 35.2 Å². The van der Waals surface area contributed by atoms with Gasteiger partial charge in [0, 0.05) is 35.4 Å². The van der Waals surface area contributed by atoms with Crippen molar-refractivity contribution in [3.63, 3.8) is 0 Å². The molecule has 0 radical (unpaired) electrons. The molecule has 38 heavy (non-hydrogen) atoms. The Kier molecular flexibility index (Phi) is 6.62. The summed E-state index contributed by atoms with van der Waals surface area (Å²) >= 11 is 0. The maximum atomic E-state index is 13.5. The predicted molar refractivity (Wildman–Crippen MR) is 136 cm³/mol. The molecule has 1 N–H and O–H groups in total. The molecule has 5 rings (SSSR count). The number of piperazine rings is 1. The van der Waals surface area contributed by atoms with Crippen LogP contribution < -0.4 is 10.5 Å². The molecule has 1 fully saturated rings. The van der Waals surface area contributed by atoms with Crippen molar-refractivity contribution in [2.75, 3.05) is 24.5 Å². The minimum atomic E-state index is -4.58. The van der Waals surface area contributed by atoms with Crippen molar-refractivity contribution in [3.05, 3.63) is 100 Å². The van der Waals surface area contributed by atoms with E-state index in [-0.39, 0.29) is 48.8 Å². The molecular weight excluding hydrogens is 499 g/mol. The van der Waals surface area contributed by atoms with E-state index in [4.69, 9.17) is 4.74 Å². The van der Waals surface area contributed by atoms with E-state index in [1.54, 1.807) is 12.1 Å². The smallest absolute Gasteiger partial charge is 0.417 e. The number of fused-ring (bicyclic) bond motifs is 1. The number of anilines is 1. The van der Waals surface area contributed by atoms with Gasteiger partial charge >= 0.3 is 12.3 Å². The number of carbonyl (C=O) groups excluding carboxylic acids is 2. The fourth-order valence-corrected chi connectivity index (χ4v) is 4.44. The van der Waals surface area contributed by atoms with E-state index in [1.807, 2.05) is 30.3 Å². The van der Waals surface area contributed by atoms with Crippen molar-refractivity contribution in [2.24, 2.45) is 0 Å². The van der Waals surface area contributed by atoms with Crippen LogP contribution in [0.2, 0.25) is 0 Å². The third-order valence-corrected chi connectivity index (χ3v) is 6.35. The Morgan fingerprint density at radius 2 is 1.66 bits per heavy atom. The first-order valence-corrected chi connectivity index (χ1v) is 11.8. The molecule has 1 aromatic heterocycles. The Balaban J connectivity index is 1.33. The fourth-order valence-electron chi connectivity index (χ4n) is 4.44. The Bertz CT molecular complexity index is 1570. The lowest BCUT2D eigenvalue weighted by Gasteiger charge is -2.33. The van der Waals surface area contributed by atoms with E-state index in [2.05, 4.69) is 4.98 Å². The molecule has 1 aliphatic heterocycles. The first-order valence-electron chi connectivity index (χ1n) is 11.8. The van der Waals surface area contributed by atoms with E-state index in [0.29, 0.717) is 11.1 Å². The normalized spacial score (nSPS) is 14.1. The van der Waals surface area contributed by atoms with Gasteiger partial charge in [0.05, 0.1) is 5.56 Å². The third kappa shape index (κ3) is 5.10. The standard InChI is InChI=1S/C28H22F3N3O4/c29-28(30,31)23-9-5-4-8-21(23)24-14-19-10-11-20(15-22(19)26(36)32-24)34-13-12-33(16-25(34)35)27(37)38-17-18-6-2-1-3-7-18/h1-11,14-15H,12-13,16-17H2,(H,32,36). The van der Waals surface area contributed by atoms with Crippen LogP contribution in [0.3, 0.4) is 0 Å². The quantitative estimate of drug-likeness (QED) is 0.400. The van der Waals surface area contributed by atoms with E-state index in [1.165, 1.54) is 40.1 Å². The number of pyridine rings is 1. The summed E-state index contributed by atoms with van der Waals surface area (Å²) in [6, 6.07) is 20.4. The minimum Gasteiger partial charge on any atom is -0.445 e. The van der Waals surface area contributed by atoms with E-state index < -0.39 is 23.4 Å². The van der Waals surface area contributed by atoms with Gasteiger partial charge < -0.3 is 14.6 Å². The summed E-state index contributed by atoms with van der Waals surface area (Å²) in [5.74, 6) is -0.348. The number of ether oxygens (including phenoxy) is 1. The van der Waals surface area contributed by atoms with Crippen LogP contribution in [0.4, 0.5) is 23.7 Å². The van der Waals surface area contributed by atoms with Gasteiger partial charge in [-0.15, -0.1) is 0 Å². The highest BCUT2D eigenvalue weighted by Gasteiger charge is 2.34. The maximum absolute atomic E-state index is 13.5. The summed E-state index contributed by atoms with van der Waals surface area (Å²) in [6.07, 6.45) is -5.17. The Morgan fingerprint density at radius 1 is 0.921 bits per heavy atom. The van der Waals surface area contributed by atoms with Crippen LogP contribution >= 0.6 is 0 Å². The van der Waals surface area contributed by atoms with Crippen LogP contribution in [-0.2, 0) is 22.3 Å². The maximum Gasteiger partial charge on any atom is 0.417 e. The van der Waals surface area contributed by atoms with Crippen LogP contribution in [0.5, 0.6) is 0 Å². The van der Waals surface area contributed by atoms with E-state index in [9.17, 15) is 27.6 Å². The molecule has 4 aromatic rings. The number of alkyl halides is 3. The van der Waals surface area contributed by atoms with Crippen molar-refractivity contribution in [3.8, 4) is 11.3 Å². The molecule has 2 heterocycles. The molecule has 194 valence electrons. The number of carbonyl (C=O) groups is 2. The molecule has 10 heteroatoms. The number of aromatic nitrogens is 1. The van der Waals surface area contributed by atoms with Crippen molar-refractivity contribution < 1.29 is 27.5 Å². The molecule has 0 saturated carbocycles. The third-order valence-electron chi connectivity index (χ3n) is 6.35. The first-order chi connectivity index (χ1) is 18.2. The number of amides is 2. The predicted octanol–water partition coefficient (Wildman–Crippen LogP) is 5.20.